The molecule has 1 aliphatic rings. The number of fused-ring (bicyclic) bond motifs is 1. The molecule has 0 radical (unpaired) electrons. The van der Waals surface area contributed by atoms with Crippen LogP contribution in [0.3, 0.4) is 0 Å². The van der Waals surface area contributed by atoms with Crippen molar-refractivity contribution in [3.05, 3.63) is 24.3 Å². The summed E-state index contributed by atoms with van der Waals surface area (Å²) in [5, 5.41) is 0. The third-order valence-electron chi connectivity index (χ3n) is 3.00. The lowest BCUT2D eigenvalue weighted by molar-refractivity contribution is 0.588. The summed E-state index contributed by atoms with van der Waals surface area (Å²) in [6, 6.07) is 7.65. The summed E-state index contributed by atoms with van der Waals surface area (Å²) in [5.41, 5.74) is 1.79. The van der Waals surface area contributed by atoms with E-state index in [1.165, 1.54) is 0 Å². The molecule has 1 aromatic rings. The first-order valence-electron chi connectivity index (χ1n) is 5.87. The number of hydrogen-bond acceptors (Lipinski definition) is 3. The van der Waals surface area contributed by atoms with Crippen LogP contribution in [-0.2, 0) is 10.0 Å². The van der Waals surface area contributed by atoms with Gasteiger partial charge >= 0.3 is 0 Å². The Hall–Kier alpha value is -1.23. The fourth-order valence-electron chi connectivity index (χ4n) is 2.14. The maximum atomic E-state index is 12.2. The van der Waals surface area contributed by atoms with Gasteiger partial charge in [0.05, 0.1) is 23.7 Å². The number of para-hydroxylation sites is 2. The Balaban J connectivity index is 2.43. The minimum Gasteiger partial charge on any atom is -0.371 e. The van der Waals surface area contributed by atoms with Crippen LogP contribution in [0.2, 0.25) is 0 Å². The molecule has 1 aliphatic heterocycles. The third kappa shape index (κ3) is 2.24. The van der Waals surface area contributed by atoms with Crippen molar-refractivity contribution in [2.24, 2.45) is 0 Å². The maximum absolute atomic E-state index is 12.2. The molecule has 4 nitrogen and oxygen atoms in total. The number of anilines is 2. The normalized spacial score (nSPS) is 15.9. The predicted octanol–water partition coefficient (Wildman–Crippen LogP) is 1.68. The highest BCUT2D eigenvalue weighted by atomic mass is 32.2. The van der Waals surface area contributed by atoms with E-state index in [2.05, 4.69) is 4.90 Å². The fourth-order valence-corrected chi connectivity index (χ4v) is 3.69. The van der Waals surface area contributed by atoms with Crippen molar-refractivity contribution < 1.29 is 8.42 Å². The van der Waals surface area contributed by atoms with Crippen molar-refractivity contribution in [1.29, 1.82) is 0 Å². The zero-order valence-electron chi connectivity index (χ0n) is 10.3. The van der Waals surface area contributed by atoms with E-state index in [4.69, 9.17) is 0 Å². The van der Waals surface area contributed by atoms with E-state index >= 15 is 0 Å². The number of likely N-dealkylation sites (N-methyl/N-ethyl adjacent to an activating group) is 1. The van der Waals surface area contributed by atoms with E-state index in [0.29, 0.717) is 13.0 Å². The number of benzene rings is 1. The average molecular weight is 254 g/mol. The Bertz CT molecular complexity index is 499. The van der Waals surface area contributed by atoms with Gasteiger partial charge in [0, 0.05) is 13.6 Å². The van der Waals surface area contributed by atoms with Gasteiger partial charge in [-0.15, -0.1) is 0 Å². The highest BCUT2D eigenvalue weighted by Crippen LogP contribution is 2.33. The Kier molecular flexibility index (Phi) is 3.28. The zero-order valence-corrected chi connectivity index (χ0v) is 11.1. The van der Waals surface area contributed by atoms with Crippen LogP contribution in [0.4, 0.5) is 11.4 Å². The van der Waals surface area contributed by atoms with E-state index in [-0.39, 0.29) is 5.75 Å². The average Bonchev–Trinajstić information content (AvgIpc) is 2.29. The smallest absolute Gasteiger partial charge is 0.235 e. The molecule has 0 bridgehead atoms. The van der Waals surface area contributed by atoms with Crippen LogP contribution < -0.4 is 9.21 Å². The topological polar surface area (TPSA) is 40.6 Å². The molecule has 0 atom stereocenters. The second kappa shape index (κ2) is 4.56. The Morgan fingerprint density at radius 1 is 1.18 bits per heavy atom. The Morgan fingerprint density at radius 3 is 2.47 bits per heavy atom. The van der Waals surface area contributed by atoms with Crippen molar-refractivity contribution in [2.45, 2.75) is 13.3 Å². The standard InChI is InChI=1S/C12H18N2O2S/c1-3-10-17(15,16)14-9-8-13(2)11-6-4-5-7-12(11)14/h4-7H,3,8-10H2,1-2H3. The first-order valence-corrected chi connectivity index (χ1v) is 7.48. The van der Waals surface area contributed by atoms with Gasteiger partial charge in [0.25, 0.3) is 0 Å². The molecule has 1 heterocycles. The summed E-state index contributed by atoms with van der Waals surface area (Å²) < 4.78 is 25.9. The molecule has 0 spiro atoms. The molecule has 0 unspecified atom stereocenters. The van der Waals surface area contributed by atoms with Gasteiger partial charge in [-0.1, -0.05) is 19.1 Å². The van der Waals surface area contributed by atoms with Crippen LogP contribution in [-0.4, -0.2) is 34.3 Å². The van der Waals surface area contributed by atoms with Crippen molar-refractivity contribution in [3.63, 3.8) is 0 Å². The predicted molar refractivity (Wildman–Crippen MR) is 71.1 cm³/mol. The summed E-state index contributed by atoms with van der Waals surface area (Å²) >= 11 is 0. The summed E-state index contributed by atoms with van der Waals surface area (Å²) in [4.78, 5) is 2.09. The second-order valence-corrected chi connectivity index (χ2v) is 6.31. The summed E-state index contributed by atoms with van der Waals surface area (Å²) in [6.07, 6.45) is 0.650. The monoisotopic (exact) mass is 254 g/mol. The molecule has 0 N–H and O–H groups in total. The largest absolute Gasteiger partial charge is 0.371 e. The van der Waals surface area contributed by atoms with E-state index in [9.17, 15) is 8.42 Å². The highest BCUT2D eigenvalue weighted by molar-refractivity contribution is 7.92. The lowest BCUT2D eigenvalue weighted by Gasteiger charge is -2.36. The molecule has 1 aromatic carbocycles. The van der Waals surface area contributed by atoms with Crippen molar-refractivity contribution in [1.82, 2.24) is 0 Å². The number of sulfonamides is 1. The van der Waals surface area contributed by atoms with Crippen LogP contribution >= 0.6 is 0 Å². The van der Waals surface area contributed by atoms with Crippen LogP contribution in [0.15, 0.2) is 24.3 Å². The number of rotatable bonds is 3. The highest BCUT2D eigenvalue weighted by Gasteiger charge is 2.28. The Labute approximate surface area is 103 Å². The fraction of sp³-hybridized carbons (Fsp3) is 0.500. The van der Waals surface area contributed by atoms with Crippen molar-refractivity contribution >= 4 is 21.4 Å². The molecule has 94 valence electrons. The van der Waals surface area contributed by atoms with Gasteiger partial charge in [-0.05, 0) is 18.6 Å². The van der Waals surface area contributed by atoms with Crippen LogP contribution in [0.25, 0.3) is 0 Å². The van der Waals surface area contributed by atoms with Crippen LogP contribution in [0.5, 0.6) is 0 Å². The van der Waals surface area contributed by atoms with Crippen LogP contribution in [0, 0.1) is 0 Å². The molecule has 17 heavy (non-hydrogen) atoms. The van der Waals surface area contributed by atoms with E-state index in [0.717, 1.165) is 17.9 Å². The molecule has 0 aromatic heterocycles. The van der Waals surface area contributed by atoms with Gasteiger partial charge < -0.3 is 4.90 Å². The Morgan fingerprint density at radius 2 is 1.82 bits per heavy atom. The molecule has 0 saturated carbocycles. The molecule has 2 rings (SSSR count). The molecular formula is C12H18N2O2S. The molecule has 0 fully saturated rings. The van der Waals surface area contributed by atoms with Gasteiger partial charge in [0.1, 0.15) is 0 Å². The zero-order chi connectivity index (χ0) is 12.5. The van der Waals surface area contributed by atoms with E-state index in [1.807, 2.05) is 38.2 Å². The third-order valence-corrected chi connectivity index (χ3v) is 4.97. The number of hydrogen-bond donors (Lipinski definition) is 0. The minimum absolute atomic E-state index is 0.213. The van der Waals surface area contributed by atoms with Gasteiger partial charge in [-0.25, -0.2) is 8.42 Å². The quantitative estimate of drug-likeness (QED) is 0.824. The molecule has 0 amide bonds. The van der Waals surface area contributed by atoms with E-state index in [1.54, 1.807) is 4.31 Å². The molecule has 0 aliphatic carbocycles. The van der Waals surface area contributed by atoms with Crippen molar-refractivity contribution in [2.75, 3.05) is 35.1 Å². The second-order valence-electron chi connectivity index (χ2n) is 4.30. The first kappa shape index (κ1) is 12.2. The van der Waals surface area contributed by atoms with Gasteiger partial charge in [-0.2, -0.15) is 0 Å². The molecule has 0 saturated heterocycles. The van der Waals surface area contributed by atoms with Gasteiger partial charge in [-0.3, -0.25) is 4.31 Å². The lowest BCUT2D eigenvalue weighted by Crippen LogP contribution is -2.43. The maximum Gasteiger partial charge on any atom is 0.235 e. The molecule has 5 heteroatoms. The first-order chi connectivity index (χ1) is 8.06. The summed E-state index contributed by atoms with van der Waals surface area (Å²) in [5.74, 6) is 0.213. The van der Waals surface area contributed by atoms with Gasteiger partial charge in [0.15, 0.2) is 0 Å². The SMILES string of the molecule is CCCS(=O)(=O)N1CCN(C)c2ccccc21. The summed E-state index contributed by atoms with van der Waals surface area (Å²) in [6.45, 7) is 3.16. The lowest BCUT2D eigenvalue weighted by atomic mass is 10.2. The summed E-state index contributed by atoms with van der Waals surface area (Å²) in [7, 11) is -1.17. The van der Waals surface area contributed by atoms with E-state index < -0.39 is 10.0 Å². The minimum atomic E-state index is -3.16. The molecular weight excluding hydrogens is 236 g/mol. The number of nitrogens with zero attached hydrogens (tertiary/aromatic N) is 2. The van der Waals surface area contributed by atoms with Gasteiger partial charge in [0.2, 0.25) is 10.0 Å². The van der Waals surface area contributed by atoms with Crippen LogP contribution in [0.1, 0.15) is 13.3 Å². The van der Waals surface area contributed by atoms with Crippen molar-refractivity contribution in [3.8, 4) is 0 Å².